The van der Waals surface area contributed by atoms with E-state index in [0.717, 1.165) is 0 Å². The average Bonchev–Trinajstić information content (AvgIpc) is 1.68. The minimum atomic E-state index is -3.27. The van der Waals surface area contributed by atoms with Crippen molar-refractivity contribution in [3.8, 4) is 0 Å². The van der Waals surface area contributed by atoms with Crippen LogP contribution in [0.4, 0.5) is 0 Å². The molecule has 0 aromatic carbocycles. The molecule has 0 radical (unpaired) electrons. The largest absolute Gasteiger partial charge is 0.301 e. The molecule has 0 rings (SSSR count). The lowest BCUT2D eigenvalue weighted by Gasteiger charge is -1.93. The number of rotatable bonds is 2. The molecule has 0 amide bonds. The average molecular weight is 144 g/mol. The molecule has 7 heavy (non-hydrogen) atoms. The monoisotopic (exact) mass is 144 g/mol. The predicted molar refractivity (Wildman–Crippen MR) is 26.1 cm³/mol. The number of hydrogen-bond acceptors (Lipinski definition) is 6. The Kier molecular flexibility index (Phi) is 2.58. The molecule has 0 saturated heterocycles. The van der Waals surface area contributed by atoms with Crippen molar-refractivity contribution < 1.29 is 12.8 Å². The van der Waals surface area contributed by atoms with E-state index in [4.69, 9.17) is 0 Å². The molecule has 0 aliphatic carbocycles. The van der Waals surface area contributed by atoms with Gasteiger partial charge in [-0.15, -0.1) is 0 Å². The molecule has 0 bridgehead atoms. The first-order chi connectivity index (χ1) is 3.12. The van der Waals surface area contributed by atoms with Gasteiger partial charge < -0.3 is 0 Å². The van der Waals surface area contributed by atoms with Crippen LogP contribution >= 0.6 is 0 Å². The highest BCUT2D eigenvalue weighted by Crippen LogP contribution is 1.82. The van der Waals surface area contributed by atoms with Crippen LogP contribution in [-0.2, 0) is 28.8 Å². The van der Waals surface area contributed by atoms with Gasteiger partial charge in [-0.1, -0.05) is 0 Å². The maximum atomic E-state index is 10.0. The summed E-state index contributed by atoms with van der Waals surface area (Å²) in [6.07, 6.45) is 0. The molecule has 0 aliphatic rings. The van der Waals surface area contributed by atoms with Gasteiger partial charge in [0.25, 0.3) is 0 Å². The van der Waals surface area contributed by atoms with Gasteiger partial charge in [0.2, 0.25) is 0 Å². The van der Waals surface area contributed by atoms with Gasteiger partial charge in [-0.3, -0.25) is 0 Å². The van der Waals surface area contributed by atoms with Gasteiger partial charge in [0.1, 0.15) is 0 Å². The first-order valence-corrected chi connectivity index (χ1v) is 3.47. The molecule has 0 atom stereocenters. The highest BCUT2D eigenvalue weighted by atomic mass is 32.9. The molecule has 0 spiro atoms. The number of hydrogen-bond donors (Lipinski definition) is 2. The minimum Gasteiger partial charge on any atom is -0.198 e. The molecule has 44 valence electrons. The van der Waals surface area contributed by atoms with Crippen LogP contribution in [0, 0.1) is 0 Å². The molecule has 0 heterocycles. The Morgan fingerprint density at radius 1 is 1.43 bits per heavy atom. The number of nitrogens with two attached hydrogens (primary N) is 2. The fourth-order valence-electron chi connectivity index (χ4n) is 0.0227. The summed E-state index contributed by atoms with van der Waals surface area (Å²) in [7, 11) is -3.27. The maximum absolute atomic E-state index is 10.0. The Bertz CT molecular complexity index is 114. The van der Waals surface area contributed by atoms with E-state index in [9.17, 15) is 4.21 Å². The summed E-state index contributed by atoms with van der Waals surface area (Å²) in [5.74, 6) is 8.66. The summed E-state index contributed by atoms with van der Waals surface area (Å²) >= 11 is 3.98. The summed E-state index contributed by atoms with van der Waals surface area (Å²) in [6, 6.07) is 0. The van der Waals surface area contributed by atoms with Crippen molar-refractivity contribution >= 4 is 20.2 Å². The zero-order valence-corrected chi connectivity index (χ0v) is 4.83. The lowest BCUT2D eigenvalue weighted by molar-refractivity contribution is 0.258. The zero-order chi connectivity index (χ0) is 5.91. The molecular formula is H4N2O3S2. The van der Waals surface area contributed by atoms with Gasteiger partial charge in [0, 0.05) is 11.2 Å². The van der Waals surface area contributed by atoms with E-state index in [0.29, 0.717) is 0 Å². The van der Waals surface area contributed by atoms with Gasteiger partial charge in [0.15, 0.2) is 0 Å². The van der Waals surface area contributed by atoms with Crippen LogP contribution in [0.2, 0.25) is 0 Å². The van der Waals surface area contributed by atoms with E-state index >= 15 is 0 Å². The zero-order valence-electron chi connectivity index (χ0n) is 3.20. The van der Waals surface area contributed by atoms with Crippen LogP contribution in [-0.4, -0.2) is 4.21 Å². The normalized spacial score (nSPS) is 11.7. The Hall–Kier alpha value is 0.210. The van der Waals surface area contributed by atoms with Crippen LogP contribution in [0.15, 0.2) is 0 Å². The quantitative estimate of drug-likeness (QED) is 0.451. The third-order valence-electron chi connectivity index (χ3n) is 0.236. The van der Waals surface area contributed by atoms with Crippen LogP contribution in [0.5, 0.6) is 0 Å². The Morgan fingerprint density at radius 2 is 1.71 bits per heavy atom. The first-order valence-electron chi connectivity index (χ1n) is 1.14. The highest BCUT2D eigenvalue weighted by molar-refractivity contribution is 8.27. The van der Waals surface area contributed by atoms with Crippen molar-refractivity contribution in [2.45, 2.75) is 0 Å². The third-order valence-corrected chi connectivity index (χ3v) is 1.18. The van der Waals surface area contributed by atoms with Crippen LogP contribution in [0.25, 0.3) is 0 Å². The predicted octanol–water partition coefficient (Wildman–Crippen LogP) is -1.66. The van der Waals surface area contributed by atoms with Crippen LogP contribution < -0.4 is 11.8 Å². The molecule has 4 N–H and O–H groups in total. The fraction of sp³-hybridized carbons (Fsp3) is 0. The van der Waals surface area contributed by atoms with Gasteiger partial charge in [0.05, 0.1) is 0 Å². The van der Waals surface area contributed by atoms with Crippen molar-refractivity contribution in [3.05, 3.63) is 0 Å². The van der Waals surface area contributed by atoms with E-state index in [-0.39, 0.29) is 0 Å². The van der Waals surface area contributed by atoms with Crippen molar-refractivity contribution in [1.82, 2.24) is 0 Å². The Morgan fingerprint density at radius 3 is 1.71 bits per heavy atom. The highest BCUT2D eigenvalue weighted by Gasteiger charge is 1.97. The van der Waals surface area contributed by atoms with Crippen molar-refractivity contribution in [1.29, 1.82) is 0 Å². The van der Waals surface area contributed by atoms with E-state index in [1.807, 2.05) is 0 Å². The first kappa shape index (κ1) is 7.21. The Balaban J connectivity index is 3.89. The third kappa shape index (κ3) is 2.85. The molecule has 5 nitrogen and oxygen atoms in total. The second-order valence-electron chi connectivity index (χ2n) is 0.601. The Labute approximate surface area is 45.6 Å². The maximum Gasteiger partial charge on any atom is 0.301 e. The molecule has 7 heteroatoms. The molecule has 0 saturated carbocycles. The summed E-state index contributed by atoms with van der Waals surface area (Å²) < 4.78 is 17.2. The summed E-state index contributed by atoms with van der Waals surface area (Å²) in [5.41, 5.74) is 0. The molecule has 0 aromatic rings. The smallest absolute Gasteiger partial charge is 0.198 e. The lowest BCUT2D eigenvalue weighted by Crippen LogP contribution is -2.16. The molecule has 0 aromatic heterocycles. The van der Waals surface area contributed by atoms with Gasteiger partial charge in [-0.25, -0.2) is 0 Å². The lowest BCUT2D eigenvalue weighted by atomic mass is 13.6. The summed E-state index contributed by atoms with van der Waals surface area (Å²) in [6.45, 7) is 0. The SMILES string of the molecule is NOS(=O)(=S)ON. The minimum absolute atomic E-state index is 3.27. The van der Waals surface area contributed by atoms with Crippen LogP contribution in [0.1, 0.15) is 0 Å². The molecule has 0 unspecified atom stereocenters. The van der Waals surface area contributed by atoms with E-state index in [2.05, 4.69) is 31.5 Å². The van der Waals surface area contributed by atoms with E-state index in [1.165, 1.54) is 0 Å². The van der Waals surface area contributed by atoms with E-state index in [1.54, 1.807) is 0 Å². The molecular weight excluding hydrogens is 140 g/mol. The van der Waals surface area contributed by atoms with Crippen LogP contribution in [0.3, 0.4) is 0 Å². The van der Waals surface area contributed by atoms with Gasteiger partial charge in [-0.2, -0.15) is 24.6 Å². The van der Waals surface area contributed by atoms with Crippen molar-refractivity contribution in [3.63, 3.8) is 0 Å². The van der Waals surface area contributed by atoms with Crippen molar-refractivity contribution in [2.24, 2.45) is 11.8 Å². The van der Waals surface area contributed by atoms with Crippen molar-refractivity contribution in [2.75, 3.05) is 0 Å². The van der Waals surface area contributed by atoms with E-state index < -0.39 is 9.05 Å². The summed E-state index contributed by atoms with van der Waals surface area (Å²) in [4.78, 5) is 0. The second kappa shape index (κ2) is 2.50. The molecule has 0 fully saturated rings. The second-order valence-corrected chi connectivity index (χ2v) is 3.03. The van der Waals surface area contributed by atoms with Gasteiger partial charge in [-0.05, 0) is 0 Å². The molecule has 0 aliphatic heterocycles. The van der Waals surface area contributed by atoms with Gasteiger partial charge >= 0.3 is 9.05 Å². The summed E-state index contributed by atoms with van der Waals surface area (Å²) in [5, 5.41) is 0. The fourth-order valence-corrected chi connectivity index (χ4v) is 0.0680. The topological polar surface area (TPSA) is 87.6 Å². The standard InChI is InChI=1S/H4N2O3S2/c1-4-7(3,6)5-2/h1-2H2.